The van der Waals surface area contributed by atoms with Crippen LogP contribution in [0.15, 0.2) is 77.7 Å². The van der Waals surface area contributed by atoms with Crippen molar-refractivity contribution in [2.75, 3.05) is 37.0 Å². The van der Waals surface area contributed by atoms with Gasteiger partial charge in [-0.2, -0.15) is 0 Å². The highest BCUT2D eigenvalue weighted by Gasteiger charge is 2.38. The van der Waals surface area contributed by atoms with Crippen molar-refractivity contribution in [2.45, 2.75) is 32.0 Å². The molecule has 1 aliphatic heterocycles. The number of hydrogen-bond donors (Lipinski definition) is 2. The van der Waals surface area contributed by atoms with Crippen molar-refractivity contribution in [2.24, 2.45) is 0 Å². The Morgan fingerprint density at radius 1 is 1.09 bits per heavy atom. The average Bonchev–Trinajstić information content (AvgIpc) is 3.50. The van der Waals surface area contributed by atoms with Crippen molar-refractivity contribution in [3.05, 3.63) is 94.7 Å². The van der Waals surface area contributed by atoms with Crippen LogP contribution in [0.4, 0.5) is 15.9 Å². The van der Waals surface area contributed by atoms with E-state index in [9.17, 15) is 12.8 Å². The summed E-state index contributed by atoms with van der Waals surface area (Å²) in [5.41, 5.74) is 2.35. The van der Waals surface area contributed by atoms with E-state index in [1.54, 1.807) is 26.4 Å². The van der Waals surface area contributed by atoms with Crippen LogP contribution >= 0.6 is 15.9 Å². The third kappa shape index (κ3) is 7.48. The van der Waals surface area contributed by atoms with Gasteiger partial charge in [0.2, 0.25) is 0 Å². The second-order valence-corrected chi connectivity index (χ2v) is 13.7. The minimum atomic E-state index is -3.04. The van der Waals surface area contributed by atoms with Crippen molar-refractivity contribution in [3.63, 3.8) is 0 Å². The van der Waals surface area contributed by atoms with Crippen LogP contribution in [0.1, 0.15) is 30.9 Å². The zero-order chi connectivity index (χ0) is 31.2. The van der Waals surface area contributed by atoms with Gasteiger partial charge in [-0.25, -0.2) is 22.8 Å². The standard InChI is InChI=1S/C32H34BrFN4O5S/c1-3-44(39,40)15-13-35-12-11-32(10-5-14-43-32)26-18-25-28(19-30(26)41-2)36-21-37-31(25)38-24-8-9-29(27(33)17-24)42-20-22-6-4-7-23(34)16-22/h4-9,14,16-19,21,35H,3,10-13,15,20H2,1-2H3,(H,36,37,38). The quantitative estimate of drug-likeness (QED) is 0.146. The molecule has 232 valence electrons. The summed E-state index contributed by atoms with van der Waals surface area (Å²) in [6, 6.07) is 15.8. The van der Waals surface area contributed by atoms with E-state index in [-0.39, 0.29) is 23.9 Å². The summed E-state index contributed by atoms with van der Waals surface area (Å²) in [6.07, 6.45) is 6.38. The zero-order valence-corrected chi connectivity index (χ0v) is 26.9. The van der Waals surface area contributed by atoms with Crippen LogP contribution in [0.2, 0.25) is 0 Å². The first kappa shape index (κ1) is 31.7. The monoisotopic (exact) mass is 684 g/mol. The summed E-state index contributed by atoms with van der Waals surface area (Å²) >= 11 is 3.58. The van der Waals surface area contributed by atoms with Gasteiger partial charge in [-0.05, 0) is 70.5 Å². The highest BCUT2D eigenvalue weighted by atomic mass is 79.9. The van der Waals surface area contributed by atoms with Gasteiger partial charge in [0.05, 0.1) is 29.1 Å². The molecule has 1 unspecified atom stereocenters. The fourth-order valence-corrected chi connectivity index (χ4v) is 6.29. The van der Waals surface area contributed by atoms with Crippen LogP contribution in [0.25, 0.3) is 10.9 Å². The van der Waals surface area contributed by atoms with E-state index in [1.807, 2.05) is 42.5 Å². The Morgan fingerprint density at radius 3 is 2.68 bits per heavy atom. The van der Waals surface area contributed by atoms with E-state index in [4.69, 9.17) is 14.2 Å². The predicted molar refractivity (Wildman–Crippen MR) is 173 cm³/mol. The van der Waals surface area contributed by atoms with Gasteiger partial charge in [0, 0.05) is 47.8 Å². The van der Waals surface area contributed by atoms with Crippen LogP contribution in [0, 0.1) is 5.82 Å². The molecule has 1 atom stereocenters. The van der Waals surface area contributed by atoms with Crippen LogP contribution in [0.5, 0.6) is 11.5 Å². The topological polar surface area (TPSA) is 112 Å². The number of aromatic nitrogens is 2. The number of fused-ring (bicyclic) bond motifs is 1. The number of benzene rings is 3. The molecule has 44 heavy (non-hydrogen) atoms. The average molecular weight is 686 g/mol. The van der Waals surface area contributed by atoms with Gasteiger partial charge in [-0.15, -0.1) is 0 Å². The Kier molecular flexibility index (Phi) is 10.0. The molecule has 5 rings (SSSR count). The van der Waals surface area contributed by atoms with Crippen LogP contribution in [0.3, 0.4) is 0 Å². The molecule has 3 aromatic carbocycles. The molecule has 2 N–H and O–H groups in total. The number of nitrogens with one attached hydrogen (secondary N) is 2. The Hall–Kier alpha value is -3.74. The van der Waals surface area contributed by atoms with E-state index < -0.39 is 15.4 Å². The van der Waals surface area contributed by atoms with Gasteiger partial charge in [0.1, 0.15) is 41.7 Å². The van der Waals surface area contributed by atoms with Gasteiger partial charge >= 0.3 is 0 Å². The fourth-order valence-electron chi connectivity index (χ4n) is 5.05. The molecule has 0 aliphatic carbocycles. The van der Waals surface area contributed by atoms with Crippen LogP contribution < -0.4 is 20.1 Å². The summed E-state index contributed by atoms with van der Waals surface area (Å²) in [6.45, 7) is 2.82. The second kappa shape index (κ2) is 13.9. The van der Waals surface area contributed by atoms with E-state index in [2.05, 4.69) is 36.5 Å². The van der Waals surface area contributed by atoms with Crippen LogP contribution in [-0.2, 0) is 26.8 Å². The minimum absolute atomic E-state index is 0.0947. The molecule has 9 nitrogen and oxygen atoms in total. The molecule has 12 heteroatoms. The number of sulfone groups is 1. The number of methoxy groups -OCH3 is 1. The number of halogens is 2. The molecule has 1 aromatic heterocycles. The maximum absolute atomic E-state index is 13.5. The lowest BCUT2D eigenvalue weighted by Gasteiger charge is -2.31. The van der Waals surface area contributed by atoms with Crippen molar-refractivity contribution in [1.82, 2.24) is 15.3 Å². The molecule has 0 bridgehead atoms. The highest BCUT2D eigenvalue weighted by molar-refractivity contribution is 9.10. The minimum Gasteiger partial charge on any atom is -0.496 e. The first-order chi connectivity index (χ1) is 21.2. The summed E-state index contributed by atoms with van der Waals surface area (Å²) in [4.78, 5) is 9.01. The SMILES string of the molecule is CCS(=O)(=O)CCNCCC1(c2cc3c(Nc4ccc(OCc5cccc(F)c5)c(Br)c4)ncnc3cc2OC)CC=CO1. The maximum Gasteiger partial charge on any atom is 0.151 e. The number of ether oxygens (including phenoxy) is 3. The van der Waals surface area contributed by atoms with Crippen molar-refractivity contribution in [3.8, 4) is 11.5 Å². The van der Waals surface area contributed by atoms with Gasteiger partial charge in [-0.3, -0.25) is 0 Å². The van der Waals surface area contributed by atoms with Crippen LogP contribution in [-0.4, -0.2) is 50.1 Å². The van der Waals surface area contributed by atoms with Gasteiger partial charge in [-0.1, -0.05) is 19.1 Å². The van der Waals surface area contributed by atoms with Gasteiger partial charge in [0.25, 0.3) is 0 Å². The molecule has 0 spiro atoms. The van der Waals surface area contributed by atoms with E-state index in [0.717, 1.165) is 26.7 Å². The molecular formula is C32H34BrFN4O5S. The third-order valence-electron chi connectivity index (χ3n) is 7.50. The highest BCUT2D eigenvalue weighted by Crippen LogP contribution is 2.44. The van der Waals surface area contributed by atoms with Crippen molar-refractivity contribution >= 4 is 48.2 Å². The molecule has 0 fully saturated rings. The van der Waals surface area contributed by atoms with E-state index >= 15 is 0 Å². The largest absolute Gasteiger partial charge is 0.496 e. The number of rotatable bonds is 14. The first-order valence-electron chi connectivity index (χ1n) is 14.2. The first-order valence-corrected chi connectivity index (χ1v) is 16.8. The number of anilines is 2. The lowest BCUT2D eigenvalue weighted by Crippen LogP contribution is -2.32. The summed E-state index contributed by atoms with van der Waals surface area (Å²) < 4.78 is 55.9. The lowest BCUT2D eigenvalue weighted by atomic mass is 9.86. The maximum atomic E-state index is 13.5. The molecule has 0 saturated heterocycles. The summed E-state index contributed by atoms with van der Waals surface area (Å²) in [5.74, 6) is 1.78. The molecular weight excluding hydrogens is 651 g/mol. The molecule has 0 radical (unpaired) electrons. The Morgan fingerprint density at radius 2 is 1.95 bits per heavy atom. The van der Waals surface area contributed by atoms with Crippen molar-refractivity contribution in [1.29, 1.82) is 0 Å². The molecule has 0 saturated carbocycles. The van der Waals surface area contributed by atoms with Gasteiger partial charge < -0.3 is 24.8 Å². The molecule has 2 heterocycles. The molecule has 4 aromatic rings. The Bertz CT molecular complexity index is 1760. The normalized spacial score (nSPS) is 16.2. The summed E-state index contributed by atoms with van der Waals surface area (Å²) in [7, 11) is -1.43. The van der Waals surface area contributed by atoms with E-state index in [1.165, 1.54) is 18.5 Å². The zero-order valence-electron chi connectivity index (χ0n) is 24.5. The summed E-state index contributed by atoms with van der Waals surface area (Å²) in [5, 5.41) is 7.42. The fraction of sp³-hybridized carbons (Fsp3) is 0.312. The smallest absolute Gasteiger partial charge is 0.151 e. The molecule has 1 aliphatic rings. The lowest BCUT2D eigenvalue weighted by molar-refractivity contribution is 0.0307. The second-order valence-electron chi connectivity index (χ2n) is 10.4. The van der Waals surface area contributed by atoms with Gasteiger partial charge in [0.15, 0.2) is 9.84 Å². The third-order valence-corrected chi connectivity index (χ3v) is 9.82. The van der Waals surface area contributed by atoms with E-state index in [0.29, 0.717) is 48.8 Å². The molecule has 0 amide bonds. The predicted octanol–water partition coefficient (Wildman–Crippen LogP) is 6.41. The Labute approximate surface area is 264 Å². The Balaban J connectivity index is 1.36. The number of nitrogens with zero attached hydrogens (tertiary/aromatic N) is 2. The number of hydrogen-bond acceptors (Lipinski definition) is 9. The van der Waals surface area contributed by atoms with Crippen molar-refractivity contribution < 1.29 is 27.0 Å².